The van der Waals surface area contributed by atoms with Gasteiger partial charge in [-0.05, 0) is 36.7 Å². The van der Waals surface area contributed by atoms with Crippen LogP contribution in [0.1, 0.15) is 5.56 Å². The van der Waals surface area contributed by atoms with E-state index in [1.807, 2.05) is 0 Å². The van der Waals surface area contributed by atoms with E-state index in [0.717, 1.165) is 5.56 Å². The number of nitrogens with zero attached hydrogens (tertiary/aromatic N) is 2. The van der Waals surface area contributed by atoms with Crippen molar-refractivity contribution in [2.24, 2.45) is 16.5 Å². The van der Waals surface area contributed by atoms with Gasteiger partial charge in [0.25, 0.3) is 5.96 Å². The Morgan fingerprint density at radius 3 is 2.89 bits per heavy atom. The van der Waals surface area contributed by atoms with Crippen molar-refractivity contribution in [1.29, 1.82) is 0 Å². The Morgan fingerprint density at radius 2 is 2.33 bits per heavy atom. The summed E-state index contributed by atoms with van der Waals surface area (Å²) in [4.78, 5) is 14.1. The summed E-state index contributed by atoms with van der Waals surface area (Å²) >= 11 is 0. The normalized spacial score (nSPS) is 11.1. The number of nitrogens with two attached hydrogens (primary N) is 2. The Balaban J connectivity index is 3.03. The Labute approximate surface area is 104 Å². The highest BCUT2D eigenvalue weighted by Gasteiger charge is 2.06. The quantitative estimate of drug-likeness (QED) is 0.291. The predicted octanol–water partition coefficient (Wildman–Crippen LogP) is -0.0761. The molecule has 1 aromatic carbocycles. The van der Waals surface area contributed by atoms with Crippen LogP contribution in [0.3, 0.4) is 0 Å². The zero-order chi connectivity index (χ0) is 13.5. The van der Waals surface area contributed by atoms with Crippen molar-refractivity contribution in [3.05, 3.63) is 33.9 Å². The highest BCUT2D eigenvalue weighted by atomic mass is 16.7. The first-order chi connectivity index (χ1) is 8.56. The number of hydrazine groups is 1. The van der Waals surface area contributed by atoms with Crippen LogP contribution < -0.4 is 21.6 Å². The van der Waals surface area contributed by atoms with Crippen molar-refractivity contribution in [2.75, 3.05) is 13.7 Å². The number of hydrogen-bond acceptors (Lipinski definition) is 5. The summed E-state index contributed by atoms with van der Waals surface area (Å²) in [6.07, 6.45) is 0.571. The first-order valence-corrected chi connectivity index (χ1v) is 5.19. The lowest BCUT2D eigenvalue weighted by atomic mass is 10.1. The number of methoxy groups -OCH3 is 1. The van der Waals surface area contributed by atoms with E-state index in [4.69, 9.17) is 16.2 Å². The lowest BCUT2D eigenvalue weighted by molar-refractivity contribution is -0.525. The molecule has 0 aliphatic rings. The molecule has 1 rings (SSSR count). The first-order valence-electron chi connectivity index (χ1n) is 5.19. The van der Waals surface area contributed by atoms with Crippen molar-refractivity contribution in [3.8, 4) is 5.75 Å². The van der Waals surface area contributed by atoms with Crippen LogP contribution in [0.2, 0.25) is 0 Å². The molecular weight excluding hydrogens is 238 g/mol. The number of guanidine groups is 1. The van der Waals surface area contributed by atoms with Crippen molar-refractivity contribution in [1.82, 2.24) is 5.43 Å². The fourth-order valence-corrected chi connectivity index (χ4v) is 1.40. The monoisotopic (exact) mass is 253 g/mol. The van der Waals surface area contributed by atoms with Gasteiger partial charge in [0.2, 0.25) is 0 Å². The Morgan fingerprint density at radius 1 is 1.61 bits per heavy atom. The summed E-state index contributed by atoms with van der Waals surface area (Å²) in [5.41, 5.74) is 14.0. The lowest BCUT2D eigenvalue weighted by Crippen LogP contribution is -2.35. The van der Waals surface area contributed by atoms with E-state index in [1.54, 1.807) is 30.7 Å². The van der Waals surface area contributed by atoms with Crippen LogP contribution in [-0.4, -0.2) is 24.6 Å². The summed E-state index contributed by atoms with van der Waals surface area (Å²) in [5, 5.41) is 9.43. The van der Waals surface area contributed by atoms with Gasteiger partial charge in [-0.2, -0.15) is 0 Å². The maximum absolute atomic E-state index is 10.2. The van der Waals surface area contributed by atoms with E-state index < -0.39 is 5.03 Å². The van der Waals surface area contributed by atoms with E-state index in [2.05, 4.69) is 4.99 Å². The number of hydrogen-bond donors (Lipinski definition) is 3. The van der Waals surface area contributed by atoms with E-state index in [0.29, 0.717) is 24.4 Å². The van der Waals surface area contributed by atoms with Gasteiger partial charge in [0.05, 0.1) is 12.8 Å². The lowest BCUT2D eigenvalue weighted by Gasteiger charge is -2.07. The van der Waals surface area contributed by atoms with E-state index in [1.165, 1.54) is 0 Å². The zero-order valence-electron chi connectivity index (χ0n) is 9.92. The van der Waals surface area contributed by atoms with Crippen molar-refractivity contribution < 1.29 is 9.77 Å². The maximum Gasteiger partial charge on any atom is 0.256 e. The Kier molecular flexibility index (Phi) is 4.88. The summed E-state index contributed by atoms with van der Waals surface area (Å²) in [6.45, 7) is 0.429. The molecule has 0 aliphatic heterocycles. The molecule has 0 fully saturated rings. The van der Waals surface area contributed by atoms with Gasteiger partial charge in [0, 0.05) is 0 Å². The molecule has 0 spiro atoms. The second-order valence-corrected chi connectivity index (χ2v) is 3.40. The molecule has 0 saturated carbocycles. The van der Waals surface area contributed by atoms with Gasteiger partial charge >= 0.3 is 0 Å². The molecule has 0 heterocycles. The second kappa shape index (κ2) is 6.40. The minimum absolute atomic E-state index is 0.288. The number of nitrogens with one attached hydrogen (secondary N) is 1. The molecule has 8 nitrogen and oxygen atoms in total. The fourth-order valence-electron chi connectivity index (χ4n) is 1.40. The van der Waals surface area contributed by atoms with Gasteiger partial charge in [0.1, 0.15) is 5.75 Å². The number of ether oxygens (including phenoxy) is 1. The molecule has 0 saturated heterocycles. The third kappa shape index (κ3) is 3.91. The maximum atomic E-state index is 10.2. The number of aliphatic imine (C=N–C) groups is 1. The first kappa shape index (κ1) is 13.7. The minimum Gasteiger partial charge on any atom is -0.497 e. The van der Waals surface area contributed by atoms with Crippen LogP contribution >= 0.6 is 0 Å². The average molecular weight is 253 g/mol. The summed E-state index contributed by atoms with van der Waals surface area (Å²) in [6, 6.07) is 5.13. The van der Waals surface area contributed by atoms with Gasteiger partial charge in [0.15, 0.2) is 5.03 Å². The van der Waals surface area contributed by atoms with Crippen LogP contribution in [0.25, 0.3) is 0 Å². The predicted molar refractivity (Wildman–Crippen MR) is 67.2 cm³/mol. The van der Waals surface area contributed by atoms with Crippen LogP contribution in [0.5, 0.6) is 5.75 Å². The number of benzene rings is 1. The molecule has 1 aromatic rings. The molecule has 0 bridgehead atoms. The smallest absolute Gasteiger partial charge is 0.256 e. The molecule has 0 amide bonds. The van der Waals surface area contributed by atoms with Crippen LogP contribution in [0, 0.1) is 10.1 Å². The summed E-state index contributed by atoms with van der Waals surface area (Å²) < 4.78 is 5.08. The average Bonchev–Trinajstić information content (AvgIpc) is 2.30. The SMILES string of the molecule is COc1ccc(N=C(N)N[N+](=O)[O-])c(CCN)c1. The summed E-state index contributed by atoms with van der Waals surface area (Å²) in [7, 11) is 1.55. The molecule has 8 heteroatoms. The molecule has 0 aromatic heterocycles. The molecule has 18 heavy (non-hydrogen) atoms. The highest BCUT2D eigenvalue weighted by molar-refractivity contribution is 5.80. The zero-order valence-corrected chi connectivity index (χ0v) is 9.92. The van der Waals surface area contributed by atoms with Crippen LogP contribution in [0.4, 0.5) is 5.69 Å². The van der Waals surface area contributed by atoms with E-state index in [-0.39, 0.29) is 5.96 Å². The van der Waals surface area contributed by atoms with Gasteiger partial charge in [-0.25, -0.2) is 15.1 Å². The fraction of sp³-hybridized carbons (Fsp3) is 0.300. The molecular formula is C10H15N5O3. The third-order valence-electron chi connectivity index (χ3n) is 2.15. The van der Waals surface area contributed by atoms with Crippen molar-refractivity contribution in [3.63, 3.8) is 0 Å². The highest BCUT2D eigenvalue weighted by Crippen LogP contribution is 2.24. The Hall–Kier alpha value is -2.35. The molecule has 0 aliphatic carbocycles. The van der Waals surface area contributed by atoms with Gasteiger partial charge in [-0.15, -0.1) is 0 Å². The topological polar surface area (TPSA) is 129 Å². The molecule has 5 N–H and O–H groups in total. The van der Waals surface area contributed by atoms with Gasteiger partial charge < -0.3 is 16.2 Å². The summed E-state index contributed by atoms with van der Waals surface area (Å²) in [5.74, 6) is 0.377. The van der Waals surface area contributed by atoms with Gasteiger partial charge in [-0.3, -0.25) is 0 Å². The van der Waals surface area contributed by atoms with E-state index in [9.17, 15) is 10.1 Å². The molecule has 98 valence electrons. The Bertz CT molecular complexity index is 461. The van der Waals surface area contributed by atoms with Crippen LogP contribution in [-0.2, 0) is 6.42 Å². The van der Waals surface area contributed by atoms with E-state index >= 15 is 0 Å². The van der Waals surface area contributed by atoms with Crippen molar-refractivity contribution in [2.45, 2.75) is 6.42 Å². The molecule has 0 atom stereocenters. The third-order valence-corrected chi connectivity index (χ3v) is 2.15. The van der Waals surface area contributed by atoms with Gasteiger partial charge in [-0.1, -0.05) is 5.43 Å². The van der Waals surface area contributed by atoms with Crippen molar-refractivity contribution >= 4 is 11.6 Å². The standard InChI is InChI=1S/C10H15N5O3/c1-18-8-2-3-9(7(6-8)4-5-11)13-10(12)14-15(16)17/h2-3,6H,4-5,11H2,1H3,(H3,12,13,14). The minimum atomic E-state index is -0.773. The second-order valence-electron chi connectivity index (χ2n) is 3.40. The largest absolute Gasteiger partial charge is 0.497 e. The molecule has 0 unspecified atom stereocenters. The van der Waals surface area contributed by atoms with Crippen LogP contribution in [0.15, 0.2) is 23.2 Å². The molecule has 0 radical (unpaired) electrons. The number of nitro groups is 1. The number of rotatable bonds is 5.